The Morgan fingerprint density at radius 2 is 1.83 bits per heavy atom. The number of rotatable bonds is 5. The van der Waals surface area contributed by atoms with Crippen LogP contribution >= 0.6 is 11.3 Å². The van der Waals surface area contributed by atoms with E-state index in [1.807, 2.05) is 54.2 Å². The Bertz CT molecular complexity index is 845. The summed E-state index contributed by atoms with van der Waals surface area (Å²) in [6.45, 7) is 4.10. The third-order valence-corrected chi connectivity index (χ3v) is 4.73. The third-order valence-electron chi connectivity index (χ3n) is 3.68. The SMILES string of the molecule is CCC(=NNC(=O)c1ccc(-n2cccc2)cc1)c1ccc(C)s1. The fraction of sp³-hybridized carbons (Fsp3) is 0.158. The molecule has 4 nitrogen and oxygen atoms in total. The second-order valence-electron chi connectivity index (χ2n) is 5.40. The van der Waals surface area contributed by atoms with Gasteiger partial charge < -0.3 is 4.57 Å². The summed E-state index contributed by atoms with van der Waals surface area (Å²) in [6.07, 6.45) is 4.71. The van der Waals surface area contributed by atoms with Gasteiger partial charge in [0.25, 0.3) is 5.91 Å². The maximum atomic E-state index is 12.3. The minimum absolute atomic E-state index is 0.201. The van der Waals surface area contributed by atoms with Crippen molar-refractivity contribution in [2.75, 3.05) is 0 Å². The number of thiophene rings is 1. The number of aryl methyl sites for hydroxylation is 1. The van der Waals surface area contributed by atoms with Crippen LogP contribution < -0.4 is 5.43 Å². The lowest BCUT2D eigenvalue weighted by Crippen LogP contribution is -2.19. The summed E-state index contributed by atoms with van der Waals surface area (Å²) in [5, 5.41) is 4.30. The average Bonchev–Trinajstić information content (AvgIpc) is 3.27. The largest absolute Gasteiger partial charge is 0.324 e. The molecule has 0 saturated heterocycles. The highest BCUT2D eigenvalue weighted by Crippen LogP contribution is 2.17. The van der Waals surface area contributed by atoms with Crippen molar-refractivity contribution >= 4 is 23.0 Å². The van der Waals surface area contributed by atoms with Crippen LogP contribution in [0.4, 0.5) is 0 Å². The molecule has 24 heavy (non-hydrogen) atoms. The molecule has 0 aliphatic carbocycles. The molecule has 0 aliphatic rings. The van der Waals surface area contributed by atoms with Gasteiger partial charge in [0.15, 0.2) is 0 Å². The van der Waals surface area contributed by atoms with Crippen LogP contribution in [0.5, 0.6) is 0 Å². The number of nitrogens with zero attached hydrogens (tertiary/aromatic N) is 2. The van der Waals surface area contributed by atoms with Crippen LogP contribution in [0.25, 0.3) is 5.69 Å². The van der Waals surface area contributed by atoms with Gasteiger partial charge in [0, 0.05) is 28.5 Å². The van der Waals surface area contributed by atoms with Gasteiger partial charge in [0.2, 0.25) is 0 Å². The molecule has 1 N–H and O–H groups in total. The number of aromatic nitrogens is 1. The van der Waals surface area contributed by atoms with Gasteiger partial charge in [-0.05, 0) is 61.9 Å². The number of carbonyl (C=O) groups is 1. The Labute approximate surface area is 145 Å². The topological polar surface area (TPSA) is 46.4 Å². The first-order valence-corrected chi connectivity index (χ1v) is 8.66. The van der Waals surface area contributed by atoms with Crippen LogP contribution in [-0.4, -0.2) is 16.2 Å². The van der Waals surface area contributed by atoms with Crippen LogP contribution in [0.1, 0.15) is 33.5 Å². The van der Waals surface area contributed by atoms with Crippen LogP contribution in [0, 0.1) is 6.92 Å². The van der Waals surface area contributed by atoms with Crippen LogP contribution in [0.3, 0.4) is 0 Å². The van der Waals surface area contributed by atoms with Gasteiger partial charge in [0.05, 0.1) is 10.6 Å². The Morgan fingerprint density at radius 3 is 2.42 bits per heavy atom. The molecule has 0 fully saturated rings. The summed E-state index contributed by atoms with van der Waals surface area (Å²) in [6, 6.07) is 15.5. The van der Waals surface area contributed by atoms with Gasteiger partial charge in [-0.25, -0.2) is 5.43 Å². The molecule has 0 spiro atoms. The van der Waals surface area contributed by atoms with Gasteiger partial charge in [-0.15, -0.1) is 11.3 Å². The van der Waals surface area contributed by atoms with E-state index in [1.165, 1.54) is 4.88 Å². The number of carbonyl (C=O) groups excluding carboxylic acids is 1. The van der Waals surface area contributed by atoms with Crippen molar-refractivity contribution in [2.45, 2.75) is 20.3 Å². The number of hydrazone groups is 1. The predicted octanol–water partition coefficient (Wildman–Crippen LogP) is 4.39. The monoisotopic (exact) mass is 337 g/mol. The third kappa shape index (κ3) is 3.63. The fourth-order valence-corrected chi connectivity index (χ4v) is 3.30. The Hall–Kier alpha value is -2.66. The maximum Gasteiger partial charge on any atom is 0.271 e. The van der Waals surface area contributed by atoms with Crippen molar-refractivity contribution in [2.24, 2.45) is 5.10 Å². The number of hydrogen-bond donors (Lipinski definition) is 1. The summed E-state index contributed by atoms with van der Waals surface area (Å²) >= 11 is 1.68. The minimum Gasteiger partial charge on any atom is -0.324 e. The second kappa shape index (κ2) is 7.27. The van der Waals surface area contributed by atoms with Crippen molar-refractivity contribution in [3.8, 4) is 5.69 Å². The number of benzene rings is 1. The molecule has 1 amide bonds. The molecule has 5 heteroatoms. The molecule has 122 valence electrons. The Kier molecular flexibility index (Phi) is 4.91. The zero-order valence-electron chi connectivity index (χ0n) is 13.7. The van der Waals surface area contributed by atoms with E-state index in [-0.39, 0.29) is 5.91 Å². The Morgan fingerprint density at radius 1 is 1.12 bits per heavy atom. The first-order valence-electron chi connectivity index (χ1n) is 7.84. The van der Waals surface area contributed by atoms with E-state index in [1.54, 1.807) is 23.5 Å². The first kappa shape index (κ1) is 16.2. The molecule has 2 heterocycles. The number of hydrogen-bond acceptors (Lipinski definition) is 3. The lowest BCUT2D eigenvalue weighted by molar-refractivity contribution is 0.0955. The molecular weight excluding hydrogens is 318 g/mol. The summed E-state index contributed by atoms with van der Waals surface area (Å²) in [7, 11) is 0. The molecule has 0 saturated carbocycles. The lowest BCUT2D eigenvalue weighted by Gasteiger charge is -2.06. The van der Waals surface area contributed by atoms with Crippen molar-refractivity contribution in [3.05, 3.63) is 76.2 Å². The highest BCUT2D eigenvalue weighted by Gasteiger charge is 2.08. The standard InChI is InChI=1S/C19H19N3OS/c1-3-17(18-11-6-14(2)24-18)20-21-19(23)15-7-9-16(10-8-15)22-12-4-5-13-22/h4-13H,3H2,1-2H3,(H,21,23). The second-order valence-corrected chi connectivity index (χ2v) is 6.69. The van der Waals surface area contributed by atoms with E-state index in [2.05, 4.69) is 23.5 Å². The summed E-state index contributed by atoms with van der Waals surface area (Å²) in [5.74, 6) is -0.201. The maximum absolute atomic E-state index is 12.3. The van der Waals surface area contributed by atoms with Crippen LogP contribution in [-0.2, 0) is 0 Å². The van der Waals surface area contributed by atoms with Crippen molar-refractivity contribution < 1.29 is 4.79 Å². The summed E-state index contributed by atoms with van der Waals surface area (Å²) in [4.78, 5) is 14.6. The molecule has 0 bridgehead atoms. The molecule has 1 aromatic carbocycles. The van der Waals surface area contributed by atoms with Crippen molar-refractivity contribution in [1.29, 1.82) is 0 Å². The first-order chi connectivity index (χ1) is 11.7. The van der Waals surface area contributed by atoms with E-state index in [0.29, 0.717) is 5.56 Å². The minimum atomic E-state index is -0.201. The molecule has 0 aliphatic heterocycles. The van der Waals surface area contributed by atoms with Gasteiger partial charge in [-0.2, -0.15) is 5.10 Å². The van der Waals surface area contributed by atoms with Crippen LogP contribution in [0.2, 0.25) is 0 Å². The van der Waals surface area contributed by atoms with E-state index in [9.17, 15) is 4.79 Å². The highest BCUT2D eigenvalue weighted by molar-refractivity contribution is 7.14. The molecular formula is C19H19N3OS. The smallest absolute Gasteiger partial charge is 0.271 e. The number of amides is 1. The summed E-state index contributed by atoms with van der Waals surface area (Å²) in [5.41, 5.74) is 5.16. The average molecular weight is 337 g/mol. The van der Waals surface area contributed by atoms with E-state index in [4.69, 9.17) is 0 Å². The van der Waals surface area contributed by atoms with Crippen molar-refractivity contribution in [1.82, 2.24) is 9.99 Å². The molecule has 0 unspecified atom stereocenters. The predicted molar refractivity (Wildman–Crippen MR) is 99.1 cm³/mol. The van der Waals surface area contributed by atoms with Gasteiger partial charge >= 0.3 is 0 Å². The highest BCUT2D eigenvalue weighted by atomic mass is 32.1. The lowest BCUT2D eigenvalue weighted by atomic mass is 10.2. The molecule has 0 radical (unpaired) electrons. The number of nitrogens with one attached hydrogen (secondary N) is 1. The zero-order valence-corrected chi connectivity index (χ0v) is 14.5. The Balaban J connectivity index is 1.71. The quantitative estimate of drug-likeness (QED) is 0.545. The van der Waals surface area contributed by atoms with E-state index >= 15 is 0 Å². The normalized spacial score (nSPS) is 11.5. The van der Waals surface area contributed by atoms with E-state index < -0.39 is 0 Å². The molecule has 3 aromatic rings. The van der Waals surface area contributed by atoms with E-state index in [0.717, 1.165) is 22.7 Å². The molecule has 2 aromatic heterocycles. The molecule has 0 atom stereocenters. The van der Waals surface area contributed by atoms with Gasteiger partial charge in [0.1, 0.15) is 0 Å². The molecule has 3 rings (SSSR count). The van der Waals surface area contributed by atoms with Gasteiger partial charge in [-0.3, -0.25) is 4.79 Å². The van der Waals surface area contributed by atoms with Crippen molar-refractivity contribution in [3.63, 3.8) is 0 Å². The fourth-order valence-electron chi connectivity index (χ4n) is 2.37. The van der Waals surface area contributed by atoms with Crippen LogP contribution in [0.15, 0.2) is 66.0 Å². The summed E-state index contributed by atoms with van der Waals surface area (Å²) < 4.78 is 1.99. The van der Waals surface area contributed by atoms with Gasteiger partial charge in [-0.1, -0.05) is 6.92 Å². The zero-order chi connectivity index (χ0) is 16.9.